The third kappa shape index (κ3) is 5.26. The van der Waals surface area contributed by atoms with Crippen LogP contribution < -0.4 is 5.73 Å². The van der Waals surface area contributed by atoms with Gasteiger partial charge in [0.15, 0.2) is 30.2 Å². The van der Waals surface area contributed by atoms with Gasteiger partial charge < -0.3 is 29.8 Å². The molecule has 1 saturated heterocycles. The molecule has 1 aromatic heterocycles. The van der Waals surface area contributed by atoms with E-state index in [1.807, 2.05) is 0 Å². The van der Waals surface area contributed by atoms with Crippen LogP contribution in [-0.2, 0) is 33.3 Å². The zero-order valence-corrected chi connectivity index (χ0v) is 18.8. The highest BCUT2D eigenvalue weighted by molar-refractivity contribution is 7.80. The maximum Gasteiger partial charge on any atom is 0.303 e. The normalized spacial score (nSPS) is 22.8. The van der Waals surface area contributed by atoms with Gasteiger partial charge in [0.05, 0.1) is 12.1 Å². The van der Waals surface area contributed by atoms with Crippen molar-refractivity contribution in [2.24, 2.45) is 16.0 Å². The number of esters is 3. The topological polar surface area (TPSA) is 164 Å². The van der Waals surface area contributed by atoms with Gasteiger partial charge in [-0.05, 0) is 18.3 Å². The van der Waals surface area contributed by atoms with Crippen LogP contribution in [0, 0.1) is 0 Å². The van der Waals surface area contributed by atoms with Gasteiger partial charge in [0, 0.05) is 26.2 Å². The summed E-state index contributed by atoms with van der Waals surface area (Å²) in [6.45, 7) is 3.29. The summed E-state index contributed by atoms with van der Waals surface area (Å²) in [5, 5.41) is 18.8. The summed E-state index contributed by atoms with van der Waals surface area (Å²) in [5.41, 5.74) is 5.89. The van der Waals surface area contributed by atoms with Gasteiger partial charge in [-0.1, -0.05) is 18.2 Å². The molecular formula is C20H22N4O8S. The highest BCUT2D eigenvalue weighted by Gasteiger charge is 2.48. The second-order valence-corrected chi connectivity index (χ2v) is 7.54. The Bertz CT molecular complexity index is 1130. The van der Waals surface area contributed by atoms with Gasteiger partial charge >= 0.3 is 17.9 Å². The Labute approximate surface area is 193 Å². The second-order valence-electron chi connectivity index (χ2n) is 7.12. The van der Waals surface area contributed by atoms with Crippen LogP contribution in [0.15, 0.2) is 34.5 Å². The van der Waals surface area contributed by atoms with Crippen molar-refractivity contribution in [3.05, 3.63) is 24.3 Å². The van der Waals surface area contributed by atoms with E-state index in [-0.39, 0.29) is 23.3 Å². The molecule has 1 fully saturated rings. The third-order valence-corrected chi connectivity index (χ3v) is 4.77. The lowest BCUT2D eigenvalue weighted by atomic mass is 10.0. The summed E-state index contributed by atoms with van der Waals surface area (Å²) in [4.78, 5) is 35.3. The van der Waals surface area contributed by atoms with Gasteiger partial charge in [-0.25, -0.2) is 0 Å². The van der Waals surface area contributed by atoms with Crippen LogP contribution in [0.2, 0.25) is 0 Å². The Balaban J connectivity index is 2.16. The monoisotopic (exact) mass is 478 g/mol. The smallest absolute Gasteiger partial charge is 0.303 e. The molecule has 4 atom stereocenters. The molecule has 0 aliphatic carbocycles. The highest BCUT2D eigenvalue weighted by atomic mass is 32.1. The highest BCUT2D eigenvalue weighted by Crippen LogP contribution is 2.44. The van der Waals surface area contributed by atoms with Gasteiger partial charge in [-0.2, -0.15) is 0 Å². The summed E-state index contributed by atoms with van der Waals surface area (Å²) in [6.07, 6.45) is -4.73. The van der Waals surface area contributed by atoms with Crippen molar-refractivity contribution >= 4 is 51.8 Å². The van der Waals surface area contributed by atoms with Crippen molar-refractivity contribution in [1.29, 1.82) is 0 Å². The summed E-state index contributed by atoms with van der Waals surface area (Å²) in [6, 6.07) is 6.77. The van der Waals surface area contributed by atoms with Crippen LogP contribution in [0.5, 0.6) is 5.88 Å². The van der Waals surface area contributed by atoms with Crippen molar-refractivity contribution in [3.8, 4) is 5.88 Å². The predicted molar refractivity (Wildman–Crippen MR) is 117 cm³/mol. The van der Waals surface area contributed by atoms with E-state index in [0.717, 1.165) is 13.8 Å². The average Bonchev–Trinajstić information content (AvgIpc) is 2.99. The number of ether oxygens (including phenoxy) is 4. The standard InChI is InChI=1S/C20H22N4O8S/c1-9(25)30-14-8-29-19(17(32-11(3)27)16(14)31-10(2)26)24-13-7-5-4-6-12(13)15(18(24)28)22-23-20(21)33/h4-7,14,16-17,19,28H,8H2,1-3H3,(H2,21,33)/t14-,16+,17+,19+/m1/s1. The Morgan fingerprint density at radius 2 is 1.70 bits per heavy atom. The SMILES string of the molecule is CC(=O)O[C@@H]1[C@H](OC(C)=O)[C@@H](n2c(O)c(N=NC(N)=S)c3ccccc32)OC[C@H]1OC(C)=O. The first-order valence-electron chi connectivity index (χ1n) is 9.76. The number of nitrogens with two attached hydrogens (primary N) is 1. The molecule has 176 valence electrons. The average molecular weight is 478 g/mol. The van der Waals surface area contributed by atoms with E-state index in [2.05, 4.69) is 10.2 Å². The molecule has 0 bridgehead atoms. The maximum atomic E-state index is 11.9. The molecule has 1 aliphatic rings. The quantitative estimate of drug-likeness (QED) is 0.281. The van der Waals surface area contributed by atoms with E-state index in [9.17, 15) is 19.5 Å². The molecule has 0 spiro atoms. The number of carbonyl (C=O) groups excluding carboxylic acids is 3. The first kappa shape index (κ1) is 24.1. The van der Waals surface area contributed by atoms with E-state index in [0.29, 0.717) is 10.9 Å². The van der Waals surface area contributed by atoms with Crippen LogP contribution in [-0.4, -0.2) is 57.6 Å². The zero-order chi connectivity index (χ0) is 24.3. The minimum Gasteiger partial charge on any atom is -0.493 e. The molecule has 3 N–H and O–H groups in total. The number of azo groups is 1. The minimum absolute atomic E-state index is 0.0507. The van der Waals surface area contributed by atoms with Gasteiger partial charge in [-0.3, -0.25) is 19.0 Å². The lowest BCUT2D eigenvalue weighted by molar-refractivity contribution is -0.239. The van der Waals surface area contributed by atoms with Crippen molar-refractivity contribution < 1.29 is 38.4 Å². The van der Waals surface area contributed by atoms with Gasteiger partial charge in [0.1, 0.15) is 0 Å². The second kappa shape index (κ2) is 9.92. The number of carbonyl (C=O) groups is 3. The van der Waals surface area contributed by atoms with Crippen LogP contribution in [0.4, 0.5) is 5.69 Å². The number of para-hydroxylation sites is 1. The van der Waals surface area contributed by atoms with Crippen LogP contribution in [0.3, 0.4) is 0 Å². The van der Waals surface area contributed by atoms with Gasteiger partial charge in [0.2, 0.25) is 11.0 Å². The molecule has 1 aliphatic heterocycles. The Morgan fingerprint density at radius 3 is 2.30 bits per heavy atom. The largest absolute Gasteiger partial charge is 0.493 e. The summed E-state index contributed by atoms with van der Waals surface area (Å²) < 4.78 is 23.2. The Kier molecular flexibility index (Phi) is 7.23. The molecule has 12 nitrogen and oxygen atoms in total. The maximum absolute atomic E-state index is 11.9. The number of thiocarbonyl (C=S) groups is 1. The van der Waals surface area contributed by atoms with E-state index in [1.165, 1.54) is 11.5 Å². The number of rotatable bonds is 5. The fourth-order valence-corrected chi connectivity index (χ4v) is 3.67. The van der Waals surface area contributed by atoms with E-state index < -0.39 is 42.4 Å². The number of aromatic hydroxyl groups is 1. The van der Waals surface area contributed by atoms with Crippen LogP contribution in [0.1, 0.15) is 27.0 Å². The lowest BCUT2D eigenvalue weighted by Crippen LogP contribution is -2.55. The van der Waals surface area contributed by atoms with Crippen LogP contribution in [0.25, 0.3) is 10.9 Å². The zero-order valence-electron chi connectivity index (χ0n) is 18.0. The predicted octanol–water partition coefficient (Wildman–Crippen LogP) is 2.00. The molecule has 3 rings (SSSR count). The molecule has 1 aromatic carbocycles. The Hall–Kier alpha value is -3.58. The number of hydrogen-bond acceptors (Lipinski definition) is 10. The van der Waals surface area contributed by atoms with Crippen molar-refractivity contribution in [3.63, 3.8) is 0 Å². The molecule has 0 unspecified atom stereocenters. The number of nitrogens with zero attached hydrogens (tertiary/aromatic N) is 3. The fraction of sp³-hybridized carbons (Fsp3) is 0.400. The summed E-state index contributed by atoms with van der Waals surface area (Å²) >= 11 is 4.72. The number of aromatic nitrogens is 1. The molecule has 2 aromatic rings. The van der Waals surface area contributed by atoms with E-state index >= 15 is 0 Å². The van der Waals surface area contributed by atoms with Crippen molar-refractivity contribution in [2.75, 3.05) is 6.61 Å². The Morgan fingerprint density at radius 1 is 1.09 bits per heavy atom. The van der Waals surface area contributed by atoms with E-state index in [1.54, 1.807) is 24.3 Å². The van der Waals surface area contributed by atoms with E-state index in [4.69, 9.17) is 36.9 Å². The van der Waals surface area contributed by atoms with Crippen molar-refractivity contribution in [1.82, 2.24) is 4.57 Å². The lowest BCUT2D eigenvalue weighted by Gasteiger charge is -2.41. The summed E-state index contributed by atoms with van der Waals surface area (Å²) in [5.74, 6) is -2.43. The molecule has 33 heavy (non-hydrogen) atoms. The molecule has 0 saturated carbocycles. The van der Waals surface area contributed by atoms with Gasteiger partial charge in [0.25, 0.3) is 0 Å². The molecule has 0 radical (unpaired) electrons. The summed E-state index contributed by atoms with van der Waals surface area (Å²) in [7, 11) is 0. The first-order valence-corrected chi connectivity index (χ1v) is 10.2. The number of hydrogen-bond donors (Lipinski definition) is 2. The molecular weight excluding hydrogens is 456 g/mol. The number of fused-ring (bicyclic) bond motifs is 1. The third-order valence-electron chi connectivity index (χ3n) is 4.69. The van der Waals surface area contributed by atoms with Gasteiger partial charge in [-0.15, -0.1) is 10.2 Å². The van der Waals surface area contributed by atoms with Crippen LogP contribution >= 0.6 is 12.2 Å². The minimum atomic E-state index is -1.29. The fourth-order valence-electron chi connectivity index (χ4n) is 3.63. The molecule has 0 amide bonds. The number of benzene rings is 1. The van der Waals surface area contributed by atoms with Crippen molar-refractivity contribution in [2.45, 2.75) is 45.3 Å². The molecule has 13 heteroatoms. The molecule has 2 heterocycles. The first-order chi connectivity index (χ1) is 15.6.